The Morgan fingerprint density at radius 1 is 1.60 bits per heavy atom. The smallest absolute Gasteiger partial charge is 0.300 e. The molecule has 0 spiro atoms. The lowest BCUT2D eigenvalue weighted by Crippen LogP contribution is -2.16. The number of amidine groups is 1. The third-order valence-electron chi connectivity index (χ3n) is 0.622. The van der Waals surface area contributed by atoms with Gasteiger partial charge in [-0.1, -0.05) is 13.8 Å². The van der Waals surface area contributed by atoms with E-state index in [2.05, 4.69) is 0 Å². The minimum absolute atomic E-state index is 0.213. The topological polar surface area (TPSA) is 87.2 Å². The lowest BCUT2D eigenvalue weighted by atomic mass is 10.2. The van der Waals surface area contributed by atoms with Crippen LogP contribution in [0.5, 0.6) is 0 Å². The van der Waals surface area contributed by atoms with Gasteiger partial charge in [0.1, 0.15) is 0 Å². The van der Waals surface area contributed by atoms with E-state index in [4.69, 9.17) is 21.0 Å². The first kappa shape index (κ1) is 11.7. The van der Waals surface area contributed by atoms with E-state index in [0.29, 0.717) is 0 Å². The summed E-state index contributed by atoms with van der Waals surface area (Å²) in [6, 6.07) is 0. The van der Waals surface area contributed by atoms with Crippen LogP contribution in [0.15, 0.2) is 0 Å². The molecule has 0 aromatic heterocycles. The molecule has 0 fully saturated rings. The average molecular weight is 146 g/mol. The Morgan fingerprint density at radius 2 is 1.70 bits per heavy atom. The van der Waals surface area contributed by atoms with Gasteiger partial charge in [-0.3, -0.25) is 10.2 Å². The Labute approximate surface area is 60.6 Å². The van der Waals surface area contributed by atoms with Gasteiger partial charge in [0.15, 0.2) is 0 Å². The summed E-state index contributed by atoms with van der Waals surface area (Å²) in [5, 5.41) is 14.1. The van der Waals surface area contributed by atoms with E-state index in [1.165, 1.54) is 0 Å². The fourth-order valence-electron chi connectivity index (χ4n) is 0. The van der Waals surface area contributed by atoms with Gasteiger partial charge in [0.05, 0.1) is 5.84 Å². The second-order valence-electron chi connectivity index (χ2n) is 2.13. The quantitative estimate of drug-likeness (QED) is 0.375. The number of nitrogens with one attached hydrogen (secondary N) is 1. The molecule has 0 amide bonds. The molecule has 4 nitrogen and oxygen atoms in total. The van der Waals surface area contributed by atoms with E-state index in [1.54, 1.807) is 0 Å². The van der Waals surface area contributed by atoms with E-state index in [-0.39, 0.29) is 11.8 Å². The van der Waals surface area contributed by atoms with E-state index in [9.17, 15) is 0 Å². The van der Waals surface area contributed by atoms with Gasteiger partial charge in [0, 0.05) is 12.8 Å². The molecule has 0 unspecified atom stereocenters. The predicted octanol–water partition coefficient (Wildman–Crippen LogP) is 0.669. The minimum Gasteiger partial charge on any atom is -0.481 e. The largest absolute Gasteiger partial charge is 0.481 e. The third kappa shape index (κ3) is 28.3. The van der Waals surface area contributed by atoms with Crippen molar-refractivity contribution >= 4 is 11.8 Å². The number of rotatable bonds is 1. The van der Waals surface area contributed by atoms with Crippen LogP contribution in [0.1, 0.15) is 20.8 Å². The lowest BCUT2D eigenvalue weighted by molar-refractivity contribution is -0.134. The Bertz CT molecular complexity index is 117. The molecule has 10 heavy (non-hydrogen) atoms. The molecule has 0 rings (SSSR count). The standard InChI is InChI=1S/C4H10N2.C2H4O2/c1-3(2)4(5)6;1-2(3)4/h3H,1-2H3,(H3,5,6);1H3,(H,3,4). The van der Waals surface area contributed by atoms with Crippen molar-refractivity contribution in [1.29, 1.82) is 5.41 Å². The van der Waals surface area contributed by atoms with Crippen LogP contribution in [-0.2, 0) is 4.79 Å². The van der Waals surface area contributed by atoms with Crippen molar-refractivity contribution in [1.82, 2.24) is 0 Å². The second kappa shape index (κ2) is 6.07. The first-order valence-corrected chi connectivity index (χ1v) is 2.91. The summed E-state index contributed by atoms with van der Waals surface area (Å²) < 4.78 is 0. The van der Waals surface area contributed by atoms with Crippen LogP contribution in [0.25, 0.3) is 0 Å². The zero-order valence-electron chi connectivity index (χ0n) is 6.51. The van der Waals surface area contributed by atoms with Gasteiger partial charge in [-0.15, -0.1) is 0 Å². The second-order valence-corrected chi connectivity index (χ2v) is 2.13. The highest BCUT2D eigenvalue weighted by molar-refractivity contribution is 5.78. The van der Waals surface area contributed by atoms with Crippen molar-refractivity contribution in [2.75, 3.05) is 0 Å². The summed E-state index contributed by atoms with van der Waals surface area (Å²) in [5.41, 5.74) is 5.02. The van der Waals surface area contributed by atoms with Crippen LogP contribution in [0.2, 0.25) is 0 Å². The molecule has 0 saturated carbocycles. The molecule has 0 aliphatic rings. The highest BCUT2D eigenvalue weighted by Gasteiger charge is 1.91. The summed E-state index contributed by atoms with van der Waals surface area (Å²) in [4.78, 5) is 9.00. The number of carboxylic acids is 1. The van der Waals surface area contributed by atoms with Crippen LogP contribution in [-0.4, -0.2) is 16.9 Å². The molecule has 4 heteroatoms. The Hall–Kier alpha value is -1.06. The molecule has 4 N–H and O–H groups in total. The molecular formula is C6H14N2O2. The van der Waals surface area contributed by atoms with E-state index in [1.807, 2.05) is 13.8 Å². The molecule has 0 radical (unpaired) electrons. The van der Waals surface area contributed by atoms with Gasteiger partial charge >= 0.3 is 0 Å². The lowest BCUT2D eigenvalue weighted by Gasteiger charge is -1.95. The van der Waals surface area contributed by atoms with E-state index >= 15 is 0 Å². The monoisotopic (exact) mass is 146 g/mol. The molecule has 0 atom stereocenters. The van der Waals surface area contributed by atoms with Crippen molar-refractivity contribution in [3.63, 3.8) is 0 Å². The number of hydrogen-bond donors (Lipinski definition) is 3. The van der Waals surface area contributed by atoms with Crippen LogP contribution >= 0.6 is 0 Å². The highest BCUT2D eigenvalue weighted by atomic mass is 16.4. The minimum atomic E-state index is -0.833. The van der Waals surface area contributed by atoms with Gasteiger partial charge < -0.3 is 10.8 Å². The Kier molecular flexibility index (Phi) is 7.10. The fourth-order valence-corrected chi connectivity index (χ4v) is 0. The maximum Gasteiger partial charge on any atom is 0.300 e. The maximum absolute atomic E-state index is 9.00. The first-order valence-electron chi connectivity index (χ1n) is 2.91. The van der Waals surface area contributed by atoms with Crippen molar-refractivity contribution < 1.29 is 9.90 Å². The molecule has 0 bridgehead atoms. The molecule has 60 valence electrons. The maximum atomic E-state index is 9.00. The first-order chi connectivity index (χ1) is 4.37. The van der Waals surface area contributed by atoms with Gasteiger partial charge in [-0.25, -0.2) is 0 Å². The third-order valence-corrected chi connectivity index (χ3v) is 0.622. The highest BCUT2D eigenvalue weighted by Crippen LogP contribution is 1.85. The normalized spacial score (nSPS) is 8.00. The Balaban J connectivity index is 0. The molecule has 0 aromatic rings. The Morgan fingerprint density at radius 3 is 1.70 bits per heavy atom. The summed E-state index contributed by atoms with van der Waals surface area (Å²) >= 11 is 0. The van der Waals surface area contributed by atoms with Crippen LogP contribution in [0.3, 0.4) is 0 Å². The zero-order chi connectivity index (χ0) is 8.73. The number of hydrogen-bond acceptors (Lipinski definition) is 2. The van der Waals surface area contributed by atoms with Gasteiger partial charge in [0.25, 0.3) is 5.97 Å². The van der Waals surface area contributed by atoms with Crippen LogP contribution < -0.4 is 5.73 Å². The molecular weight excluding hydrogens is 132 g/mol. The van der Waals surface area contributed by atoms with Crippen LogP contribution in [0, 0.1) is 11.3 Å². The molecule has 0 aliphatic heterocycles. The summed E-state index contributed by atoms with van der Waals surface area (Å²) in [7, 11) is 0. The molecule has 0 aliphatic carbocycles. The fraction of sp³-hybridized carbons (Fsp3) is 0.667. The SMILES string of the molecule is CC(=O)O.CC(C)C(=N)N. The summed E-state index contributed by atoms with van der Waals surface area (Å²) in [5.74, 6) is -0.361. The number of carboxylic acid groups (broad SMARTS) is 1. The van der Waals surface area contributed by atoms with Gasteiger partial charge in [0.2, 0.25) is 0 Å². The molecule has 0 heterocycles. The van der Waals surface area contributed by atoms with Crippen molar-refractivity contribution in [3.05, 3.63) is 0 Å². The summed E-state index contributed by atoms with van der Waals surface area (Å²) in [6.45, 7) is 4.87. The number of nitrogens with two attached hydrogens (primary N) is 1. The van der Waals surface area contributed by atoms with E-state index < -0.39 is 5.97 Å². The molecule has 0 saturated heterocycles. The number of carbonyl (C=O) groups is 1. The van der Waals surface area contributed by atoms with Crippen molar-refractivity contribution in [3.8, 4) is 0 Å². The average Bonchev–Trinajstić information content (AvgIpc) is 1.63. The predicted molar refractivity (Wildman–Crippen MR) is 40.1 cm³/mol. The number of aliphatic carboxylic acids is 1. The molecule has 0 aromatic carbocycles. The van der Waals surface area contributed by atoms with Crippen molar-refractivity contribution in [2.45, 2.75) is 20.8 Å². The zero-order valence-corrected chi connectivity index (χ0v) is 6.51. The van der Waals surface area contributed by atoms with Gasteiger partial charge in [-0.2, -0.15) is 0 Å². The summed E-state index contributed by atoms with van der Waals surface area (Å²) in [6.07, 6.45) is 0. The van der Waals surface area contributed by atoms with E-state index in [0.717, 1.165) is 6.92 Å². The van der Waals surface area contributed by atoms with Crippen molar-refractivity contribution in [2.24, 2.45) is 11.7 Å². The van der Waals surface area contributed by atoms with Gasteiger partial charge in [-0.05, 0) is 0 Å². The van der Waals surface area contributed by atoms with Crippen LogP contribution in [0.4, 0.5) is 0 Å².